The first-order chi connectivity index (χ1) is 43.3. The Labute approximate surface area is 542 Å². The predicted octanol–water partition coefficient (Wildman–Crippen LogP) is 20.8. The standard InChI is InChI=1S/C79H139NO8/c1-3-5-7-9-11-13-15-17-19-21-23-25-27-29-31-33-35-37-39-41-43-45-47-49-51-53-55-57-59-61-63-65-67-69-75(83)80-72(71-87-79-78(86)77(85)76(84)74(70-81)88-79)73(82)68-66-64-62-60-58-56-54-52-50-48-46-44-42-40-38-36-34-32-30-28-26-24-22-20-18-16-14-12-10-8-6-4-2/h5,7,11,13,17,19,23,25,29,31,35,37,41,43,47,49,66,68,72-74,76-79,81-82,84-86H,3-4,6,8-10,12,14-16,18,20-22,24,26-28,30,32-34,36,38-40,42,44-46,48,50-65,67,69-71H2,1-2H3,(H,80,83)/b7-5-,13-11-,19-17-,25-23-,31-29-,37-35-,43-41-,49-47-,68-66+. The largest absolute Gasteiger partial charge is 0.394 e. The van der Waals surface area contributed by atoms with Crippen molar-refractivity contribution in [3.63, 3.8) is 0 Å². The molecule has 6 N–H and O–H groups in total. The maximum absolute atomic E-state index is 13.1. The third-order valence-corrected chi connectivity index (χ3v) is 17.1. The lowest BCUT2D eigenvalue weighted by Gasteiger charge is -2.40. The second kappa shape index (κ2) is 66.8. The maximum atomic E-state index is 13.1. The highest BCUT2D eigenvalue weighted by molar-refractivity contribution is 5.76. The van der Waals surface area contributed by atoms with Crippen molar-refractivity contribution in [1.29, 1.82) is 0 Å². The molecule has 9 nitrogen and oxygen atoms in total. The number of rotatable bonds is 64. The minimum Gasteiger partial charge on any atom is -0.394 e. The molecule has 0 aromatic rings. The molecule has 0 aromatic heterocycles. The highest BCUT2D eigenvalue weighted by Gasteiger charge is 2.44. The van der Waals surface area contributed by atoms with Crippen LogP contribution in [0.25, 0.3) is 0 Å². The van der Waals surface area contributed by atoms with Gasteiger partial charge in [-0.05, 0) is 83.5 Å². The predicted molar refractivity (Wildman–Crippen MR) is 377 cm³/mol. The molecule has 1 fully saturated rings. The lowest BCUT2D eigenvalue weighted by molar-refractivity contribution is -0.302. The fraction of sp³-hybridized carbons (Fsp3) is 0.759. The number of ether oxygens (including phenoxy) is 2. The van der Waals surface area contributed by atoms with Crippen molar-refractivity contribution in [1.82, 2.24) is 5.32 Å². The van der Waals surface area contributed by atoms with E-state index in [0.717, 1.165) is 103 Å². The maximum Gasteiger partial charge on any atom is 0.220 e. The molecule has 0 spiro atoms. The van der Waals surface area contributed by atoms with E-state index in [1.165, 1.54) is 205 Å². The Kier molecular flexibility index (Phi) is 62.9. The normalized spacial score (nSPS) is 18.6. The van der Waals surface area contributed by atoms with Gasteiger partial charge in [-0.2, -0.15) is 0 Å². The molecular weight excluding hydrogens is 1090 g/mol. The zero-order chi connectivity index (χ0) is 63.5. The van der Waals surface area contributed by atoms with Gasteiger partial charge < -0.3 is 40.3 Å². The Morgan fingerprint density at radius 3 is 1.05 bits per heavy atom. The number of carbonyl (C=O) groups excluding carboxylic acids is 1. The first kappa shape index (κ1) is 82.9. The van der Waals surface area contributed by atoms with E-state index >= 15 is 0 Å². The lowest BCUT2D eigenvalue weighted by Crippen LogP contribution is -2.60. The molecule has 1 rings (SSSR count). The molecule has 1 heterocycles. The van der Waals surface area contributed by atoms with Gasteiger partial charge in [-0.15, -0.1) is 0 Å². The van der Waals surface area contributed by atoms with Crippen LogP contribution in [-0.4, -0.2) is 87.5 Å². The van der Waals surface area contributed by atoms with Crippen molar-refractivity contribution in [3.05, 3.63) is 109 Å². The number of carbonyl (C=O) groups is 1. The molecule has 1 aliphatic heterocycles. The van der Waals surface area contributed by atoms with Crippen molar-refractivity contribution in [2.24, 2.45) is 0 Å². The summed E-state index contributed by atoms with van der Waals surface area (Å²) in [5.41, 5.74) is 0. The van der Waals surface area contributed by atoms with Crippen molar-refractivity contribution in [3.8, 4) is 0 Å². The van der Waals surface area contributed by atoms with Gasteiger partial charge in [0.1, 0.15) is 24.4 Å². The number of aliphatic hydroxyl groups excluding tert-OH is 5. The smallest absolute Gasteiger partial charge is 0.220 e. The van der Waals surface area contributed by atoms with E-state index < -0.39 is 49.5 Å². The number of unbranched alkanes of at least 4 members (excludes halogenated alkanes) is 38. The van der Waals surface area contributed by atoms with Gasteiger partial charge in [0.05, 0.1) is 25.4 Å². The number of allylic oxidation sites excluding steroid dienone is 17. The summed E-state index contributed by atoms with van der Waals surface area (Å²) < 4.78 is 11.3. The molecule has 0 saturated carbocycles. The molecule has 0 aliphatic carbocycles. The van der Waals surface area contributed by atoms with Crippen LogP contribution in [0.4, 0.5) is 0 Å². The Balaban J connectivity index is 2.14. The summed E-state index contributed by atoms with van der Waals surface area (Å²) in [5.74, 6) is -0.186. The van der Waals surface area contributed by atoms with Crippen LogP contribution in [0.3, 0.4) is 0 Å². The Bertz CT molecular complexity index is 1760. The third-order valence-electron chi connectivity index (χ3n) is 17.1. The van der Waals surface area contributed by atoms with Gasteiger partial charge in [0.2, 0.25) is 5.91 Å². The van der Waals surface area contributed by atoms with Gasteiger partial charge in [-0.1, -0.05) is 348 Å². The van der Waals surface area contributed by atoms with E-state index in [1.807, 2.05) is 6.08 Å². The first-order valence-corrected chi connectivity index (χ1v) is 37.1. The molecule has 9 heteroatoms. The summed E-state index contributed by atoms with van der Waals surface area (Å²) in [6.07, 6.45) is 92.0. The van der Waals surface area contributed by atoms with Gasteiger partial charge in [0.15, 0.2) is 6.29 Å². The molecule has 1 aliphatic rings. The molecule has 1 saturated heterocycles. The summed E-state index contributed by atoms with van der Waals surface area (Å²) in [4.78, 5) is 13.1. The van der Waals surface area contributed by atoms with Gasteiger partial charge in [-0.25, -0.2) is 0 Å². The van der Waals surface area contributed by atoms with Gasteiger partial charge in [0, 0.05) is 6.42 Å². The van der Waals surface area contributed by atoms with Crippen LogP contribution in [0, 0.1) is 0 Å². The third kappa shape index (κ3) is 54.6. The molecular formula is C79H139NO8. The van der Waals surface area contributed by atoms with Crippen LogP contribution in [-0.2, 0) is 14.3 Å². The second-order valence-corrected chi connectivity index (χ2v) is 25.4. The van der Waals surface area contributed by atoms with Crippen molar-refractivity contribution in [2.75, 3.05) is 13.2 Å². The Morgan fingerprint density at radius 2 is 0.705 bits per heavy atom. The van der Waals surface area contributed by atoms with Crippen LogP contribution in [0.15, 0.2) is 109 Å². The zero-order valence-electron chi connectivity index (χ0n) is 57.0. The molecule has 7 unspecified atom stereocenters. The first-order valence-electron chi connectivity index (χ1n) is 37.1. The number of hydrogen-bond acceptors (Lipinski definition) is 8. The summed E-state index contributed by atoms with van der Waals surface area (Å²) in [6, 6.07) is -0.820. The summed E-state index contributed by atoms with van der Waals surface area (Å²) in [6.45, 7) is 3.69. The number of hydrogen-bond donors (Lipinski definition) is 6. The number of aliphatic hydroxyl groups is 5. The van der Waals surface area contributed by atoms with Crippen molar-refractivity contribution in [2.45, 2.75) is 371 Å². The molecule has 0 bridgehead atoms. The van der Waals surface area contributed by atoms with E-state index in [1.54, 1.807) is 6.08 Å². The van der Waals surface area contributed by atoms with Gasteiger partial charge in [0.25, 0.3) is 0 Å². The minimum absolute atomic E-state index is 0.186. The number of amides is 1. The fourth-order valence-corrected chi connectivity index (χ4v) is 11.4. The van der Waals surface area contributed by atoms with E-state index in [0.29, 0.717) is 6.42 Å². The summed E-state index contributed by atoms with van der Waals surface area (Å²) in [7, 11) is 0. The van der Waals surface area contributed by atoms with E-state index in [9.17, 15) is 30.3 Å². The average Bonchev–Trinajstić information content (AvgIpc) is 3.65. The SMILES string of the molecule is CC/C=C\C/C=C\C/C=C\C/C=C\C/C=C\C/C=C\C/C=C\C/C=C\CCCCCCCCCCC(=O)NC(COC1OC(CO)C(O)C(O)C1O)C(O)/C=C/CCCCCCCCCCCCCCCCCCCCCCCCCCCCCCCC. The van der Waals surface area contributed by atoms with Crippen LogP contribution in [0.5, 0.6) is 0 Å². The molecule has 88 heavy (non-hydrogen) atoms. The zero-order valence-corrected chi connectivity index (χ0v) is 57.0. The summed E-state index contributed by atoms with van der Waals surface area (Å²) >= 11 is 0. The van der Waals surface area contributed by atoms with E-state index in [2.05, 4.69) is 116 Å². The van der Waals surface area contributed by atoms with Crippen LogP contribution in [0.1, 0.15) is 328 Å². The van der Waals surface area contributed by atoms with Crippen LogP contribution >= 0.6 is 0 Å². The molecule has 7 atom stereocenters. The van der Waals surface area contributed by atoms with E-state index in [-0.39, 0.29) is 12.5 Å². The van der Waals surface area contributed by atoms with Gasteiger partial charge >= 0.3 is 0 Å². The molecule has 0 radical (unpaired) electrons. The Morgan fingerprint density at radius 1 is 0.398 bits per heavy atom. The molecule has 0 aromatic carbocycles. The van der Waals surface area contributed by atoms with Crippen LogP contribution < -0.4 is 5.32 Å². The van der Waals surface area contributed by atoms with E-state index in [4.69, 9.17) is 9.47 Å². The fourth-order valence-electron chi connectivity index (χ4n) is 11.4. The van der Waals surface area contributed by atoms with Gasteiger partial charge in [-0.3, -0.25) is 4.79 Å². The highest BCUT2D eigenvalue weighted by atomic mass is 16.7. The van der Waals surface area contributed by atoms with Crippen molar-refractivity contribution >= 4 is 5.91 Å². The molecule has 1 amide bonds. The highest BCUT2D eigenvalue weighted by Crippen LogP contribution is 2.23. The topological polar surface area (TPSA) is 149 Å². The molecule has 508 valence electrons. The average molecular weight is 1230 g/mol. The lowest BCUT2D eigenvalue weighted by atomic mass is 9.99. The number of nitrogens with one attached hydrogen (secondary N) is 1. The Hall–Kier alpha value is -3.15. The second-order valence-electron chi connectivity index (χ2n) is 25.4. The minimum atomic E-state index is -1.58. The summed E-state index contributed by atoms with van der Waals surface area (Å²) in [5, 5.41) is 54.8. The van der Waals surface area contributed by atoms with Crippen LogP contribution in [0.2, 0.25) is 0 Å². The monoisotopic (exact) mass is 1230 g/mol. The quantitative estimate of drug-likeness (QED) is 0.0261. The van der Waals surface area contributed by atoms with Crippen molar-refractivity contribution < 1.29 is 39.8 Å².